The molecule has 0 bridgehead atoms. The molecule has 1 aliphatic rings. The quantitative estimate of drug-likeness (QED) is 0.664. The summed E-state index contributed by atoms with van der Waals surface area (Å²) in [5.74, 6) is 0.477. The van der Waals surface area contributed by atoms with Crippen LogP contribution in [0.5, 0.6) is 0 Å². The first-order valence-corrected chi connectivity index (χ1v) is 5.80. The first-order chi connectivity index (χ1) is 8.16. The van der Waals surface area contributed by atoms with Gasteiger partial charge in [0.05, 0.1) is 11.5 Å². The summed E-state index contributed by atoms with van der Waals surface area (Å²) in [4.78, 5) is 10.2. The van der Waals surface area contributed by atoms with E-state index in [-0.39, 0.29) is 10.7 Å². The van der Waals surface area contributed by atoms with E-state index in [1.807, 2.05) is 0 Å². The molecule has 1 aliphatic heterocycles. The third-order valence-corrected chi connectivity index (χ3v) is 3.08. The van der Waals surface area contributed by atoms with E-state index < -0.39 is 4.92 Å². The first kappa shape index (κ1) is 12.1. The lowest BCUT2D eigenvalue weighted by Gasteiger charge is -2.10. The molecule has 1 heterocycles. The Hall–Kier alpha value is -1.33. The predicted octanol–water partition coefficient (Wildman–Crippen LogP) is 2.70. The normalized spacial score (nSPS) is 19.2. The van der Waals surface area contributed by atoms with Crippen LogP contribution in [0.1, 0.15) is 6.42 Å². The molecule has 5 nitrogen and oxygen atoms in total. The van der Waals surface area contributed by atoms with Gasteiger partial charge in [-0.1, -0.05) is 11.6 Å². The van der Waals surface area contributed by atoms with Crippen LogP contribution < -0.4 is 5.32 Å². The fourth-order valence-corrected chi connectivity index (χ4v) is 1.96. The Bertz CT molecular complexity index is 419. The van der Waals surface area contributed by atoms with Gasteiger partial charge in [0.1, 0.15) is 5.02 Å². The smallest absolute Gasteiger partial charge is 0.289 e. The van der Waals surface area contributed by atoms with Gasteiger partial charge in [-0.25, -0.2) is 0 Å². The minimum absolute atomic E-state index is 0.0701. The number of anilines is 1. The topological polar surface area (TPSA) is 64.4 Å². The van der Waals surface area contributed by atoms with Gasteiger partial charge in [0, 0.05) is 30.8 Å². The van der Waals surface area contributed by atoms with Gasteiger partial charge < -0.3 is 10.1 Å². The first-order valence-electron chi connectivity index (χ1n) is 5.42. The summed E-state index contributed by atoms with van der Waals surface area (Å²) in [6, 6.07) is 4.73. The molecule has 1 unspecified atom stereocenters. The number of benzene rings is 1. The van der Waals surface area contributed by atoms with Crippen LogP contribution in [0.3, 0.4) is 0 Å². The number of hydrogen-bond acceptors (Lipinski definition) is 4. The number of nitrogens with one attached hydrogen (secondary N) is 1. The molecule has 1 saturated heterocycles. The molecule has 6 heteroatoms. The maximum absolute atomic E-state index is 10.7. The zero-order valence-corrected chi connectivity index (χ0v) is 9.94. The van der Waals surface area contributed by atoms with Crippen molar-refractivity contribution < 1.29 is 9.66 Å². The molecular formula is C11H13ClN2O3. The van der Waals surface area contributed by atoms with E-state index >= 15 is 0 Å². The molecule has 1 N–H and O–H groups in total. The van der Waals surface area contributed by atoms with Crippen LogP contribution >= 0.6 is 11.6 Å². The van der Waals surface area contributed by atoms with Crippen LogP contribution in [-0.2, 0) is 4.74 Å². The van der Waals surface area contributed by atoms with Crippen LogP contribution in [0.15, 0.2) is 18.2 Å². The molecule has 0 radical (unpaired) electrons. The van der Waals surface area contributed by atoms with Gasteiger partial charge in [-0.15, -0.1) is 0 Å². The molecule has 17 heavy (non-hydrogen) atoms. The Morgan fingerprint density at radius 2 is 2.41 bits per heavy atom. The predicted molar refractivity (Wildman–Crippen MR) is 65.5 cm³/mol. The molecule has 1 aromatic carbocycles. The summed E-state index contributed by atoms with van der Waals surface area (Å²) in [6.45, 7) is 2.31. The Morgan fingerprint density at radius 3 is 3.06 bits per heavy atom. The van der Waals surface area contributed by atoms with Crippen molar-refractivity contribution in [1.82, 2.24) is 0 Å². The highest BCUT2D eigenvalue weighted by Crippen LogP contribution is 2.27. The Balaban J connectivity index is 2.00. The van der Waals surface area contributed by atoms with Crippen LogP contribution in [0.2, 0.25) is 5.02 Å². The summed E-state index contributed by atoms with van der Waals surface area (Å²) in [5.41, 5.74) is 0.646. The lowest BCUT2D eigenvalue weighted by molar-refractivity contribution is -0.384. The second-order valence-electron chi connectivity index (χ2n) is 4.03. The van der Waals surface area contributed by atoms with Crippen molar-refractivity contribution >= 4 is 23.0 Å². The zero-order valence-electron chi connectivity index (χ0n) is 9.19. The van der Waals surface area contributed by atoms with Gasteiger partial charge in [0.15, 0.2) is 0 Å². The lowest BCUT2D eigenvalue weighted by Crippen LogP contribution is -2.14. The van der Waals surface area contributed by atoms with E-state index in [1.54, 1.807) is 6.07 Å². The van der Waals surface area contributed by atoms with Crippen molar-refractivity contribution in [1.29, 1.82) is 0 Å². The zero-order chi connectivity index (χ0) is 12.3. The molecule has 1 atom stereocenters. The third kappa shape index (κ3) is 3.08. The molecule has 2 rings (SSSR count). The number of nitro groups is 1. The van der Waals surface area contributed by atoms with Crippen molar-refractivity contribution in [3.63, 3.8) is 0 Å². The maximum atomic E-state index is 10.7. The highest BCUT2D eigenvalue weighted by Gasteiger charge is 2.16. The van der Waals surface area contributed by atoms with E-state index in [2.05, 4.69) is 5.32 Å². The van der Waals surface area contributed by atoms with E-state index in [4.69, 9.17) is 16.3 Å². The van der Waals surface area contributed by atoms with Gasteiger partial charge >= 0.3 is 0 Å². The SMILES string of the molecule is O=[N+]([O-])c1cc(NCC2CCOC2)ccc1Cl. The molecule has 0 spiro atoms. The van der Waals surface area contributed by atoms with Crippen LogP contribution in [0, 0.1) is 16.0 Å². The van der Waals surface area contributed by atoms with Gasteiger partial charge in [-0.05, 0) is 18.6 Å². The second-order valence-corrected chi connectivity index (χ2v) is 4.44. The number of hydrogen-bond donors (Lipinski definition) is 1. The molecule has 0 amide bonds. The Kier molecular flexibility index (Phi) is 3.81. The molecular weight excluding hydrogens is 244 g/mol. The summed E-state index contributed by atoms with van der Waals surface area (Å²) >= 11 is 5.73. The summed E-state index contributed by atoms with van der Waals surface area (Å²) < 4.78 is 5.26. The van der Waals surface area contributed by atoms with Gasteiger partial charge in [0.25, 0.3) is 5.69 Å². The van der Waals surface area contributed by atoms with Crippen molar-refractivity contribution in [3.05, 3.63) is 33.3 Å². The fraction of sp³-hybridized carbons (Fsp3) is 0.455. The van der Waals surface area contributed by atoms with Crippen molar-refractivity contribution in [2.75, 3.05) is 25.1 Å². The molecule has 0 aliphatic carbocycles. The number of rotatable bonds is 4. The minimum Gasteiger partial charge on any atom is -0.384 e. The summed E-state index contributed by atoms with van der Waals surface area (Å²) in [6.07, 6.45) is 1.03. The highest BCUT2D eigenvalue weighted by atomic mass is 35.5. The minimum atomic E-state index is -0.480. The Morgan fingerprint density at radius 1 is 1.59 bits per heavy atom. The Labute approximate surface area is 104 Å². The van der Waals surface area contributed by atoms with Crippen LogP contribution in [0.25, 0.3) is 0 Å². The lowest BCUT2D eigenvalue weighted by atomic mass is 10.1. The number of halogens is 1. The van der Waals surface area contributed by atoms with E-state index in [1.165, 1.54) is 12.1 Å². The van der Waals surface area contributed by atoms with Crippen LogP contribution in [0.4, 0.5) is 11.4 Å². The molecule has 0 saturated carbocycles. The average Bonchev–Trinajstić information content (AvgIpc) is 2.80. The number of nitrogens with zero attached hydrogens (tertiary/aromatic N) is 1. The van der Waals surface area contributed by atoms with Crippen LogP contribution in [-0.4, -0.2) is 24.7 Å². The van der Waals surface area contributed by atoms with Gasteiger partial charge in [-0.2, -0.15) is 0 Å². The summed E-state index contributed by atoms with van der Waals surface area (Å²) in [5, 5.41) is 14.0. The maximum Gasteiger partial charge on any atom is 0.289 e. The monoisotopic (exact) mass is 256 g/mol. The highest BCUT2D eigenvalue weighted by molar-refractivity contribution is 6.32. The van der Waals surface area contributed by atoms with Crippen molar-refractivity contribution in [3.8, 4) is 0 Å². The largest absolute Gasteiger partial charge is 0.384 e. The van der Waals surface area contributed by atoms with E-state index in [0.717, 1.165) is 26.2 Å². The van der Waals surface area contributed by atoms with Crippen molar-refractivity contribution in [2.45, 2.75) is 6.42 Å². The fourth-order valence-electron chi connectivity index (χ4n) is 1.77. The second kappa shape index (κ2) is 5.33. The molecule has 0 aromatic heterocycles. The van der Waals surface area contributed by atoms with E-state index in [0.29, 0.717) is 11.6 Å². The van der Waals surface area contributed by atoms with Gasteiger partial charge in [0.2, 0.25) is 0 Å². The van der Waals surface area contributed by atoms with Crippen molar-refractivity contribution in [2.24, 2.45) is 5.92 Å². The standard InChI is InChI=1S/C11H13ClN2O3/c12-10-2-1-9(5-11(10)14(15)16)13-6-8-3-4-17-7-8/h1-2,5,8,13H,3-4,6-7H2. The number of nitro benzene ring substituents is 1. The number of ether oxygens (including phenoxy) is 1. The molecule has 1 fully saturated rings. The van der Waals surface area contributed by atoms with Gasteiger partial charge in [-0.3, -0.25) is 10.1 Å². The van der Waals surface area contributed by atoms with E-state index in [9.17, 15) is 10.1 Å². The summed E-state index contributed by atoms with van der Waals surface area (Å²) in [7, 11) is 0. The third-order valence-electron chi connectivity index (χ3n) is 2.76. The average molecular weight is 257 g/mol. The molecule has 1 aromatic rings. The molecule has 92 valence electrons.